The Morgan fingerprint density at radius 1 is 1.14 bits per heavy atom. The first kappa shape index (κ1) is 14.9. The van der Waals surface area contributed by atoms with Crippen molar-refractivity contribution in [2.75, 3.05) is 13.1 Å². The lowest BCUT2D eigenvalue weighted by Gasteiger charge is -2.32. The van der Waals surface area contributed by atoms with Crippen molar-refractivity contribution in [3.8, 4) is 0 Å². The molecule has 0 bridgehead atoms. The molecule has 0 unspecified atom stereocenters. The van der Waals surface area contributed by atoms with Gasteiger partial charge in [0.25, 0.3) is 5.91 Å². The molecule has 0 atom stereocenters. The topological polar surface area (TPSA) is 32.3 Å². The van der Waals surface area contributed by atoms with Crippen molar-refractivity contribution < 1.29 is 13.6 Å². The maximum Gasteiger partial charge on any atom is 0.257 e. The Bertz CT molecular complexity index is 532. The molecule has 1 aromatic carbocycles. The highest BCUT2D eigenvalue weighted by Crippen LogP contribution is 2.29. The van der Waals surface area contributed by atoms with Crippen LogP contribution >= 0.6 is 15.9 Å². The summed E-state index contributed by atoms with van der Waals surface area (Å²) in [6, 6.07) is 2.93. The van der Waals surface area contributed by atoms with Gasteiger partial charge in [0.15, 0.2) is 0 Å². The predicted molar refractivity (Wildman–Crippen MR) is 79.1 cm³/mol. The van der Waals surface area contributed by atoms with E-state index in [4.69, 9.17) is 0 Å². The van der Waals surface area contributed by atoms with Gasteiger partial charge in [0, 0.05) is 29.6 Å². The minimum Gasteiger partial charge on any atom is -0.349 e. The fourth-order valence-electron chi connectivity index (χ4n) is 2.87. The molecule has 1 aliphatic heterocycles. The van der Waals surface area contributed by atoms with Gasteiger partial charge in [-0.2, -0.15) is 0 Å². The number of benzene rings is 1. The number of nitrogens with zero attached hydrogens (tertiary/aromatic N) is 1. The number of likely N-dealkylation sites (tertiary alicyclic amines) is 1. The second-order valence-corrected chi connectivity index (χ2v) is 6.67. The highest BCUT2D eigenvalue weighted by atomic mass is 79.9. The Hall–Kier alpha value is -1.01. The Morgan fingerprint density at radius 3 is 2.24 bits per heavy atom. The molecule has 3 nitrogen and oxygen atoms in total. The molecule has 114 valence electrons. The Morgan fingerprint density at radius 2 is 1.71 bits per heavy atom. The largest absolute Gasteiger partial charge is 0.349 e. The van der Waals surface area contributed by atoms with Crippen molar-refractivity contribution >= 4 is 21.8 Å². The van der Waals surface area contributed by atoms with E-state index in [-0.39, 0.29) is 10.5 Å². The molecule has 1 heterocycles. The second kappa shape index (κ2) is 6.01. The van der Waals surface area contributed by atoms with Gasteiger partial charge in [-0.1, -0.05) is 15.9 Å². The maximum absolute atomic E-state index is 13.8. The van der Waals surface area contributed by atoms with Crippen molar-refractivity contribution in [1.82, 2.24) is 10.2 Å². The van der Waals surface area contributed by atoms with Gasteiger partial charge in [-0.15, -0.1) is 0 Å². The summed E-state index contributed by atoms with van der Waals surface area (Å²) in [6.07, 6.45) is 4.21. The zero-order chi connectivity index (χ0) is 15.0. The van der Waals surface area contributed by atoms with E-state index in [0.717, 1.165) is 44.1 Å². The third-order valence-corrected chi connectivity index (χ3v) is 4.62. The van der Waals surface area contributed by atoms with E-state index in [2.05, 4.69) is 26.1 Å². The summed E-state index contributed by atoms with van der Waals surface area (Å²) >= 11 is 3.00. The molecule has 0 radical (unpaired) electrons. The summed E-state index contributed by atoms with van der Waals surface area (Å²) in [5.41, 5.74) is -0.497. The average Bonchev–Trinajstić information content (AvgIpc) is 3.22. The van der Waals surface area contributed by atoms with Gasteiger partial charge < -0.3 is 10.2 Å². The summed E-state index contributed by atoms with van der Waals surface area (Å²) in [5.74, 6) is -2.34. The third kappa shape index (κ3) is 3.43. The number of amides is 1. The van der Waals surface area contributed by atoms with Crippen LogP contribution < -0.4 is 5.32 Å². The molecule has 6 heteroatoms. The lowest BCUT2D eigenvalue weighted by molar-refractivity contribution is 0.0900. The standard InChI is InChI=1S/C15H17BrF2N2O/c16-9-7-12(17)14(13(18)8-9)15(21)19-10-3-5-20(6-4-10)11-1-2-11/h7-8,10-11H,1-6H2,(H,19,21). The van der Waals surface area contributed by atoms with Crippen LogP contribution in [0.5, 0.6) is 0 Å². The molecule has 2 aliphatic rings. The molecule has 2 fully saturated rings. The number of hydrogen-bond acceptors (Lipinski definition) is 2. The van der Waals surface area contributed by atoms with E-state index in [1.807, 2.05) is 0 Å². The van der Waals surface area contributed by atoms with Crippen LogP contribution in [0.2, 0.25) is 0 Å². The van der Waals surface area contributed by atoms with Crippen LogP contribution in [0, 0.1) is 11.6 Å². The van der Waals surface area contributed by atoms with Crippen LogP contribution in [0.25, 0.3) is 0 Å². The average molecular weight is 359 g/mol. The number of nitrogens with one attached hydrogen (secondary N) is 1. The van der Waals surface area contributed by atoms with Crippen LogP contribution in [-0.4, -0.2) is 36.0 Å². The van der Waals surface area contributed by atoms with E-state index in [1.165, 1.54) is 12.8 Å². The number of rotatable bonds is 3. The van der Waals surface area contributed by atoms with Gasteiger partial charge in [-0.3, -0.25) is 4.79 Å². The summed E-state index contributed by atoms with van der Waals surface area (Å²) in [6.45, 7) is 1.89. The molecule has 1 aromatic rings. The van der Waals surface area contributed by atoms with Gasteiger partial charge in [0.1, 0.15) is 17.2 Å². The summed E-state index contributed by atoms with van der Waals surface area (Å²) < 4.78 is 27.8. The first-order chi connectivity index (χ1) is 10.0. The van der Waals surface area contributed by atoms with Crippen LogP contribution in [0.1, 0.15) is 36.0 Å². The fourth-order valence-corrected chi connectivity index (χ4v) is 3.27. The van der Waals surface area contributed by atoms with Crippen molar-refractivity contribution in [2.24, 2.45) is 0 Å². The molecular formula is C15H17BrF2N2O. The first-order valence-electron chi connectivity index (χ1n) is 7.24. The van der Waals surface area contributed by atoms with E-state index in [0.29, 0.717) is 0 Å². The van der Waals surface area contributed by atoms with Crippen molar-refractivity contribution in [3.63, 3.8) is 0 Å². The molecule has 21 heavy (non-hydrogen) atoms. The highest BCUT2D eigenvalue weighted by molar-refractivity contribution is 9.10. The SMILES string of the molecule is O=C(NC1CCN(C2CC2)CC1)c1c(F)cc(Br)cc1F. The van der Waals surface area contributed by atoms with Crippen molar-refractivity contribution in [1.29, 1.82) is 0 Å². The molecule has 1 aliphatic carbocycles. The minimum absolute atomic E-state index is 0.00468. The zero-order valence-electron chi connectivity index (χ0n) is 11.5. The van der Waals surface area contributed by atoms with Crippen LogP contribution in [0.3, 0.4) is 0 Å². The van der Waals surface area contributed by atoms with Gasteiger partial charge in [-0.05, 0) is 37.8 Å². The molecule has 0 aromatic heterocycles. The van der Waals surface area contributed by atoms with Crippen LogP contribution in [-0.2, 0) is 0 Å². The molecular weight excluding hydrogens is 342 g/mol. The normalized spacial score (nSPS) is 20.5. The summed E-state index contributed by atoms with van der Waals surface area (Å²) in [4.78, 5) is 14.5. The van der Waals surface area contributed by atoms with E-state index < -0.39 is 23.1 Å². The smallest absolute Gasteiger partial charge is 0.257 e. The summed E-state index contributed by atoms with van der Waals surface area (Å²) in [5, 5.41) is 2.76. The highest BCUT2D eigenvalue weighted by Gasteiger charge is 2.32. The van der Waals surface area contributed by atoms with Crippen LogP contribution in [0.15, 0.2) is 16.6 Å². The molecule has 0 spiro atoms. The monoisotopic (exact) mass is 358 g/mol. The van der Waals surface area contributed by atoms with Crippen molar-refractivity contribution in [3.05, 3.63) is 33.8 Å². The Labute approximate surface area is 130 Å². The Kier molecular flexibility index (Phi) is 4.26. The predicted octanol–water partition coefficient (Wildman–Crippen LogP) is 3.08. The third-order valence-electron chi connectivity index (χ3n) is 4.16. The molecule has 3 rings (SSSR count). The number of carbonyl (C=O) groups excluding carboxylic acids is 1. The number of carbonyl (C=O) groups is 1. The lowest BCUT2D eigenvalue weighted by Crippen LogP contribution is -2.45. The minimum atomic E-state index is -0.838. The number of hydrogen-bond donors (Lipinski definition) is 1. The number of piperidine rings is 1. The van der Waals surface area contributed by atoms with Crippen molar-refractivity contribution in [2.45, 2.75) is 37.8 Å². The fraction of sp³-hybridized carbons (Fsp3) is 0.533. The second-order valence-electron chi connectivity index (χ2n) is 5.76. The number of halogens is 3. The van der Waals surface area contributed by atoms with E-state index >= 15 is 0 Å². The van der Waals surface area contributed by atoms with Gasteiger partial charge in [-0.25, -0.2) is 8.78 Å². The van der Waals surface area contributed by atoms with E-state index in [9.17, 15) is 13.6 Å². The van der Waals surface area contributed by atoms with Gasteiger partial charge in [0.05, 0.1) is 0 Å². The lowest BCUT2D eigenvalue weighted by atomic mass is 10.0. The molecule has 1 saturated carbocycles. The van der Waals surface area contributed by atoms with Crippen LogP contribution in [0.4, 0.5) is 8.78 Å². The quantitative estimate of drug-likeness (QED) is 0.900. The zero-order valence-corrected chi connectivity index (χ0v) is 13.1. The maximum atomic E-state index is 13.8. The summed E-state index contributed by atoms with van der Waals surface area (Å²) in [7, 11) is 0. The van der Waals surface area contributed by atoms with Gasteiger partial charge >= 0.3 is 0 Å². The molecule has 1 saturated heterocycles. The molecule has 1 amide bonds. The Balaban J connectivity index is 1.61. The van der Waals surface area contributed by atoms with E-state index in [1.54, 1.807) is 0 Å². The van der Waals surface area contributed by atoms with Gasteiger partial charge in [0.2, 0.25) is 0 Å². The first-order valence-corrected chi connectivity index (χ1v) is 8.03. The molecule has 1 N–H and O–H groups in total.